The number of aromatic nitrogens is 2. The zero-order chi connectivity index (χ0) is 15.5. The van der Waals surface area contributed by atoms with Crippen molar-refractivity contribution in [1.82, 2.24) is 15.1 Å². The van der Waals surface area contributed by atoms with Crippen molar-refractivity contribution < 1.29 is 19.0 Å². The smallest absolute Gasteiger partial charge is 0.274 e. The second-order valence-corrected chi connectivity index (χ2v) is 4.90. The number of benzene rings is 1. The van der Waals surface area contributed by atoms with Crippen molar-refractivity contribution in [3.05, 3.63) is 35.7 Å². The molecule has 3 rings (SSSR count). The molecule has 1 aliphatic rings. The van der Waals surface area contributed by atoms with Gasteiger partial charge < -0.3 is 19.1 Å². The average molecular weight is 303 g/mol. The van der Waals surface area contributed by atoms with E-state index < -0.39 is 0 Å². The van der Waals surface area contributed by atoms with Crippen molar-refractivity contribution in [3.63, 3.8) is 0 Å². The molecular formula is C15H17N3O4. The lowest BCUT2D eigenvalue weighted by Gasteiger charge is -2.11. The zero-order valence-electron chi connectivity index (χ0n) is 12.5. The van der Waals surface area contributed by atoms with Crippen LogP contribution in [-0.2, 0) is 6.61 Å². The monoisotopic (exact) mass is 303 g/mol. The Hall–Kier alpha value is -2.70. The Kier molecular flexibility index (Phi) is 3.86. The van der Waals surface area contributed by atoms with Crippen LogP contribution in [0, 0.1) is 0 Å². The molecule has 0 unspecified atom stereocenters. The van der Waals surface area contributed by atoms with E-state index in [2.05, 4.69) is 10.2 Å². The summed E-state index contributed by atoms with van der Waals surface area (Å²) in [5, 5.41) is 6.82. The molecule has 0 fully saturated rings. The van der Waals surface area contributed by atoms with Gasteiger partial charge in [0.25, 0.3) is 5.91 Å². The van der Waals surface area contributed by atoms with E-state index in [1.807, 2.05) is 6.92 Å². The Labute approximate surface area is 127 Å². The number of aromatic amines is 1. The standard InChI is InChI=1S/C15H17N3O4/c1-3-18(2)15(19)12-6-10(16-17-12)8-20-11-4-5-13-14(7-11)22-9-21-13/h4-7H,3,8-9H2,1-2H3,(H,16,17). The Morgan fingerprint density at radius 2 is 2.18 bits per heavy atom. The molecule has 0 saturated heterocycles. The molecule has 22 heavy (non-hydrogen) atoms. The minimum Gasteiger partial charge on any atom is -0.487 e. The van der Waals surface area contributed by atoms with Gasteiger partial charge in [0.05, 0.1) is 5.69 Å². The molecule has 0 spiro atoms. The maximum Gasteiger partial charge on any atom is 0.274 e. The fourth-order valence-electron chi connectivity index (χ4n) is 2.01. The van der Waals surface area contributed by atoms with Crippen LogP contribution in [0.4, 0.5) is 0 Å². The van der Waals surface area contributed by atoms with E-state index in [0.717, 1.165) is 5.69 Å². The van der Waals surface area contributed by atoms with Gasteiger partial charge in [0.15, 0.2) is 17.2 Å². The van der Waals surface area contributed by atoms with Crippen molar-refractivity contribution in [2.24, 2.45) is 0 Å². The molecule has 2 heterocycles. The second kappa shape index (κ2) is 5.97. The van der Waals surface area contributed by atoms with Crippen LogP contribution >= 0.6 is 0 Å². The third-order valence-corrected chi connectivity index (χ3v) is 3.41. The molecule has 1 aliphatic heterocycles. The lowest BCUT2D eigenvalue weighted by molar-refractivity contribution is 0.0796. The highest BCUT2D eigenvalue weighted by Crippen LogP contribution is 2.35. The summed E-state index contributed by atoms with van der Waals surface area (Å²) in [6, 6.07) is 7.08. The van der Waals surface area contributed by atoms with E-state index in [4.69, 9.17) is 14.2 Å². The Morgan fingerprint density at radius 3 is 3.00 bits per heavy atom. The van der Waals surface area contributed by atoms with Crippen molar-refractivity contribution >= 4 is 5.91 Å². The number of amides is 1. The summed E-state index contributed by atoms with van der Waals surface area (Å²) in [7, 11) is 1.74. The molecule has 0 atom stereocenters. The van der Waals surface area contributed by atoms with Crippen molar-refractivity contribution in [1.29, 1.82) is 0 Å². The van der Waals surface area contributed by atoms with E-state index in [1.165, 1.54) is 0 Å². The molecule has 1 amide bonds. The number of nitrogens with one attached hydrogen (secondary N) is 1. The minimum absolute atomic E-state index is 0.118. The second-order valence-electron chi connectivity index (χ2n) is 4.90. The van der Waals surface area contributed by atoms with E-state index in [9.17, 15) is 4.79 Å². The lowest BCUT2D eigenvalue weighted by atomic mass is 10.3. The van der Waals surface area contributed by atoms with E-state index >= 15 is 0 Å². The number of nitrogens with zero attached hydrogens (tertiary/aromatic N) is 2. The van der Waals surface area contributed by atoms with Crippen LogP contribution in [0.2, 0.25) is 0 Å². The van der Waals surface area contributed by atoms with Crippen LogP contribution in [0.3, 0.4) is 0 Å². The first kappa shape index (κ1) is 14.2. The van der Waals surface area contributed by atoms with Crippen LogP contribution in [0.25, 0.3) is 0 Å². The third kappa shape index (κ3) is 2.83. The van der Waals surface area contributed by atoms with Crippen molar-refractivity contribution in [3.8, 4) is 17.2 Å². The van der Waals surface area contributed by atoms with Gasteiger partial charge >= 0.3 is 0 Å². The first-order valence-corrected chi connectivity index (χ1v) is 6.99. The molecule has 0 radical (unpaired) electrons. The summed E-state index contributed by atoms with van der Waals surface area (Å²) in [6.07, 6.45) is 0. The molecule has 0 bridgehead atoms. The maximum absolute atomic E-state index is 12.0. The summed E-state index contributed by atoms with van der Waals surface area (Å²) in [5.74, 6) is 1.93. The van der Waals surface area contributed by atoms with Gasteiger partial charge in [-0.1, -0.05) is 0 Å². The van der Waals surface area contributed by atoms with Crippen molar-refractivity contribution in [2.75, 3.05) is 20.4 Å². The molecule has 0 saturated carbocycles. The Bertz CT molecular complexity index is 683. The Balaban J connectivity index is 1.62. The van der Waals surface area contributed by atoms with Crippen molar-refractivity contribution in [2.45, 2.75) is 13.5 Å². The predicted octanol–water partition coefficient (Wildman–Crippen LogP) is 1.81. The van der Waals surface area contributed by atoms with Gasteiger partial charge in [0, 0.05) is 19.7 Å². The quantitative estimate of drug-likeness (QED) is 0.911. The molecule has 7 nitrogen and oxygen atoms in total. The molecule has 0 aliphatic carbocycles. The van der Waals surface area contributed by atoms with E-state index in [-0.39, 0.29) is 19.3 Å². The summed E-state index contributed by atoms with van der Waals surface area (Å²) < 4.78 is 16.2. The topological polar surface area (TPSA) is 76.7 Å². The van der Waals surface area contributed by atoms with Crippen LogP contribution in [0.15, 0.2) is 24.3 Å². The van der Waals surface area contributed by atoms with Gasteiger partial charge in [-0.2, -0.15) is 5.10 Å². The number of hydrogen-bond donors (Lipinski definition) is 1. The van der Waals surface area contributed by atoms with E-state index in [1.54, 1.807) is 36.2 Å². The van der Waals surface area contributed by atoms with Crippen LogP contribution in [0.1, 0.15) is 23.1 Å². The zero-order valence-corrected chi connectivity index (χ0v) is 12.5. The maximum atomic E-state index is 12.0. The molecule has 1 aromatic heterocycles. The number of carbonyl (C=O) groups excluding carboxylic acids is 1. The predicted molar refractivity (Wildman–Crippen MR) is 78.1 cm³/mol. The van der Waals surface area contributed by atoms with Gasteiger partial charge in [-0.05, 0) is 25.1 Å². The lowest BCUT2D eigenvalue weighted by Crippen LogP contribution is -2.26. The molecule has 116 valence electrons. The highest BCUT2D eigenvalue weighted by molar-refractivity contribution is 5.92. The van der Waals surface area contributed by atoms with Gasteiger partial charge in [-0.25, -0.2) is 0 Å². The highest BCUT2D eigenvalue weighted by atomic mass is 16.7. The first-order chi connectivity index (χ1) is 10.7. The average Bonchev–Trinajstić information content (AvgIpc) is 3.19. The van der Waals surface area contributed by atoms with Gasteiger partial charge in [0.2, 0.25) is 6.79 Å². The number of hydrogen-bond acceptors (Lipinski definition) is 5. The Morgan fingerprint density at radius 1 is 1.36 bits per heavy atom. The molecule has 2 aromatic rings. The number of carbonyl (C=O) groups is 1. The highest BCUT2D eigenvalue weighted by Gasteiger charge is 2.15. The third-order valence-electron chi connectivity index (χ3n) is 3.41. The SMILES string of the molecule is CCN(C)C(=O)c1cc(COc2ccc3c(c2)OCO3)[nH]n1. The normalized spacial score (nSPS) is 12.3. The molecular weight excluding hydrogens is 286 g/mol. The molecule has 1 aromatic carbocycles. The minimum atomic E-state index is -0.118. The summed E-state index contributed by atoms with van der Waals surface area (Å²) in [5.41, 5.74) is 1.11. The summed E-state index contributed by atoms with van der Waals surface area (Å²) in [4.78, 5) is 13.6. The van der Waals surface area contributed by atoms with Gasteiger partial charge in [0.1, 0.15) is 12.4 Å². The number of fused-ring (bicyclic) bond motifs is 1. The summed E-state index contributed by atoms with van der Waals surface area (Å²) in [6.45, 7) is 3.06. The van der Waals surface area contributed by atoms with Gasteiger partial charge in [-0.15, -0.1) is 0 Å². The van der Waals surface area contributed by atoms with E-state index in [0.29, 0.717) is 29.5 Å². The fourth-order valence-corrected chi connectivity index (χ4v) is 2.01. The number of ether oxygens (including phenoxy) is 3. The van der Waals surface area contributed by atoms with Crippen LogP contribution in [0.5, 0.6) is 17.2 Å². The van der Waals surface area contributed by atoms with Gasteiger partial charge in [-0.3, -0.25) is 9.89 Å². The number of rotatable bonds is 5. The first-order valence-electron chi connectivity index (χ1n) is 6.99. The largest absolute Gasteiger partial charge is 0.487 e. The number of H-pyrrole nitrogens is 1. The fraction of sp³-hybridized carbons (Fsp3) is 0.333. The van der Waals surface area contributed by atoms with Crippen LogP contribution < -0.4 is 14.2 Å². The molecule has 1 N–H and O–H groups in total. The summed E-state index contributed by atoms with van der Waals surface area (Å²) >= 11 is 0. The van der Waals surface area contributed by atoms with Crippen LogP contribution in [-0.4, -0.2) is 41.4 Å². The molecule has 7 heteroatoms.